The molecule has 0 aliphatic heterocycles. The molecule has 1 aromatic rings. The van der Waals surface area contributed by atoms with Crippen molar-refractivity contribution >= 4 is 18.4 Å². The summed E-state index contributed by atoms with van der Waals surface area (Å²) in [6, 6.07) is 2.62. The number of aryl methyl sites for hydroxylation is 2. The van der Waals surface area contributed by atoms with Gasteiger partial charge in [-0.1, -0.05) is 12.1 Å². The highest BCUT2D eigenvalue weighted by Crippen LogP contribution is 2.23. The monoisotopic (exact) mass is 245 g/mol. The molecule has 4 nitrogen and oxygen atoms in total. The first-order valence-corrected chi connectivity index (χ1v) is 4.69. The molecule has 0 amide bonds. The molecule has 0 heterocycles. The van der Waals surface area contributed by atoms with Gasteiger partial charge in [0.15, 0.2) is 0 Å². The molecule has 0 radical (unpaired) electrons. The first-order chi connectivity index (χ1) is 6.91. The van der Waals surface area contributed by atoms with E-state index < -0.39 is 12.0 Å². The average Bonchev–Trinajstić information content (AvgIpc) is 2.13. The van der Waals surface area contributed by atoms with Gasteiger partial charge >= 0.3 is 5.97 Å². The molecule has 16 heavy (non-hydrogen) atoms. The summed E-state index contributed by atoms with van der Waals surface area (Å²) in [5, 5.41) is 18.2. The lowest BCUT2D eigenvalue weighted by Crippen LogP contribution is -2.32. The highest BCUT2D eigenvalue weighted by Gasteiger charge is 2.13. The van der Waals surface area contributed by atoms with Gasteiger partial charge in [0, 0.05) is 0 Å². The topological polar surface area (TPSA) is 83.6 Å². The molecule has 5 heteroatoms. The minimum atomic E-state index is -1.02. The van der Waals surface area contributed by atoms with E-state index in [9.17, 15) is 9.90 Å². The standard InChI is InChI=1S/C11H15NO3.ClH/c1-6-3-8(4-7(2)10(6)13)5-9(12)11(14)15;/h3-4,9,13H,5,12H2,1-2H3,(H,14,15);1H/t9-;/m0./s1. The highest BCUT2D eigenvalue weighted by atomic mass is 35.5. The molecule has 0 fully saturated rings. The van der Waals surface area contributed by atoms with Crippen LogP contribution in [0.25, 0.3) is 0 Å². The number of hydrogen-bond donors (Lipinski definition) is 3. The summed E-state index contributed by atoms with van der Waals surface area (Å²) in [4.78, 5) is 10.6. The van der Waals surface area contributed by atoms with E-state index in [1.807, 2.05) is 0 Å². The third-order valence-corrected chi connectivity index (χ3v) is 2.32. The zero-order chi connectivity index (χ0) is 11.6. The summed E-state index contributed by atoms with van der Waals surface area (Å²) >= 11 is 0. The molecule has 4 N–H and O–H groups in total. The Balaban J connectivity index is 0.00000225. The number of carbonyl (C=O) groups is 1. The molecular weight excluding hydrogens is 230 g/mol. The number of rotatable bonds is 3. The fourth-order valence-corrected chi connectivity index (χ4v) is 1.50. The van der Waals surface area contributed by atoms with Crippen LogP contribution in [-0.4, -0.2) is 22.2 Å². The molecular formula is C11H16ClNO3. The fraction of sp³-hybridized carbons (Fsp3) is 0.364. The smallest absolute Gasteiger partial charge is 0.320 e. The van der Waals surface area contributed by atoms with E-state index >= 15 is 0 Å². The van der Waals surface area contributed by atoms with Gasteiger partial charge < -0.3 is 15.9 Å². The van der Waals surface area contributed by atoms with Crippen LogP contribution in [0.4, 0.5) is 0 Å². The number of phenolic OH excluding ortho intramolecular Hbond substituents is 1. The largest absolute Gasteiger partial charge is 0.507 e. The Kier molecular flexibility index (Phi) is 5.27. The zero-order valence-electron chi connectivity index (χ0n) is 9.23. The highest BCUT2D eigenvalue weighted by molar-refractivity contribution is 5.85. The summed E-state index contributed by atoms with van der Waals surface area (Å²) in [6.45, 7) is 3.55. The minimum absolute atomic E-state index is 0. The van der Waals surface area contributed by atoms with E-state index in [1.54, 1.807) is 26.0 Å². The van der Waals surface area contributed by atoms with Crippen molar-refractivity contribution in [3.05, 3.63) is 28.8 Å². The second-order valence-electron chi connectivity index (χ2n) is 3.73. The van der Waals surface area contributed by atoms with E-state index in [0.717, 1.165) is 16.7 Å². The Morgan fingerprint density at radius 1 is 1.38 bits per heavy atom. The van der Waals surface area contributed by atoms with Crippen LogP contribution >= 0.6 is 12.4 Å². The summed E-state index contributed by atoms with van der Waals surface area (Å²) in [5.41, 5.74) is 7.73. The van der Waals surface area contributed by atoms with Crippen molar-refractivity contribution in [2.45, 2.75) is 26.3 Å². The van der Waals surface area contributed by atoms with Crippen molar-refractivity contribution in [3.8, 4) is 5.75 Å². The van der Waals surface area contributed by atoms with Crippen molar-refractivity contribution < 1.29 is 15.0 Å². The van der Waals surface area contributed by atoms with E-state index in [-0.39, 0.29) is 24.6 Å². The quantitative estimate of drug-likeness (QED) is 0.751. The number of benzene rings is 1. The van der Waals surface area contributed by atoms with Gasteiger partial charge in [0.05, 0.1) is 0 Å². The lowest BCUT2D eigenvalue weighted by molar-refractivity contribution is -0.138. The Bertz CT molecular complexity index is 370. The number of carboxylic acids is 1. The Morgan fingerprint density at radius 2 is 1.81 bits per heavy atom. The number of phenols is 1. The third kappa shape index (κ3) is 3.40. The SMILES string of the molecule is Cc1cc(C[C@H](N)C(=O)O)cc(C)c1O.Cl. The number of hydrogen-bond acceptors (Lipinski definition) is 3. The van der Waals surface area contributed by atoms with Crippen LogP contribution in [0.15, 0.2) is 12.1 Å². The van der Waals surface area contributed by atoms with E-state index in [4.69, 9.17) is 10.8 Å². The molecule has 1 rings (SSSR count). The predicted molar refractivity (Wildman–Crippen MR) is 64.1 cm³/mol. The average molecular weight is 246 g/mol. The van der Waals surface area contributed by atoms with Gasteiger partial charge in [-0.15, -0.1) is 12.4 Å². The van der Waals surface area contributed by atoms with Crippen molar-refractivity contribution in [3.63, 3.8) is 0 Å². The number of carboxylic acid groups (broad SMARTS) is 1. The zero-order valence-corrected chi connectivity index (χ0v) is 10.0. The number of halogens is 1. The maximum atomic E-state index is 10.6. The van der Waals surface area contributed by atoms with Crippen LogP contribution in [-0.2, 0) is 11.2 Å². The van der Waals surface area contributed by atoms with Crippen molar-refractivity contribution in [2.24, 2.45) is 5.73 Å². The van der Waals surface area contributed by atoms with E-state index in [1.165, 1.54) is 0 Å². The molecule has 90 valence electrons. The van der Waals surface area contributed by atoms with Crippen LogP contribution in [0, 0.1) is 13.8 Å². The van der Waals surface area contributed by atoms with Gasteiger partial charge in [-0.05, 0) is 37.0 Å². The van der Waals surface area contributed by atoms with Gasteiger partial charge in [-0.25, -0.2) is 0 Å². The first kappa shape index (κ1) is 14.7. The van der Waals surface area contributed by atoms with Gasteiger partial charge in [-0.2, -0.15) is 0 Å². The summed E-state index contributed by atoms with van der Waals surface area (Å²) in [6.07, 6.45) is 0.275. The van der Waals surface area contributed by atoms with Gasteiger partial charge in [0.25, 0.3) is 0 Å². The molecule has 1 aromatic carbocycles. The second-order valence-corrected chi connectivity index (χ2v) is 3.73. The van der Waals surface area contributed by atoms with Crippen LogP contribution < -0.4 is 5.73 Å². The molecule has 0 aromatic heterocycles. The minimum Gasteiger partial charge on any atom is -0.507 e. The Morgan fingerprint density at radius 3 is 2.19 bits per heavy atom. The fourth-order valence-electron chi connectivity index (χ4n) is 1.50. The van der Waals surface area contributed by atoms with Gasteiger partial charge in [0.1, 0.15) is 11.8 Å². The maximum absolute atomic E-state index is 10.6. The molecule has 1 atom stereocenters. The first-order valence-electron chi connectivity index (χ1n) is 4.69. The van der Waals surface area contributed by atoms with Crippen molar-refractivity contribution in [2.75, 3.05) is 0 Å². The summed E-state index contributed by atoms with van der Waals surface area (Å²) in [7, 11) is 0. The Hall–Kier alpha value is -1.26. The van der Waals surface area contributed by atoms with Crippen LogP contribution in [0.3, 0.4) is 0 Å². The molecule has 0 saturated heterocycles. The summed E-state index contributed by atoms with van der Waals surface area (Å²) in [5.74, 6) is -0.763. The number of nitrogens with two attached hydrogens (primary N) is 1. The lowest BCUT2D eigenvalue weighted by Gasteiger charge is -2.10. The van der Waals surface area contributed by atoms with Gasteiger partial charge in [0.2, 0.25) is 0 Å². The maximum Gasteiger partial charge on any atom is 0.320 e. The van der Waals surface area contributed by atoms with E-state index in [0.29, 0.717) is 0 Å². The lowest BCUT2D eigenvalue weighted by atomic mass is 10.0. The Labute approximate surface area is 100 Å². The number of aliphatic carboxylic acids is 1. The normalized spacial score (nSPS) is 11.7. The summed E-state index contributed by atoms with van der Waals surface area (Å²) < 4.78 is 0. The molecule has 0 aliphatic rings. The van der Waals surface area contributed by atoms with Crippen molar-refractivity contribution in [1.29, 1.82) is 0 Å². The molecule has 0 bridgehead atoms. The molecule has 0 unspecified atom stereocenters. The van der Waals surface area contributed by atoms with Crippen LogP contribution in [0.5, 0.6) is 5.75 Å². The van der Waals surface area contributed by atoms with Crippen LogP contribution in [0.2, 0.25) is 0 Å². The second kappa shape index (κ2) is 5.72. The van der Waals surface area contributed by atoms with Crippen LogP contribution in [0.1, 0.15) is 16.7 Å². The molecule has 0 aliphatic carbocycles. The third-order valence-electron chi connectivity index (χ3n) is 2.32. The van der Waals surface area contributed by atoms with E-state index in [2.05, 4.69) is 0 Å². The molecule has 0 saturated carbocycles. The van der Waals surface area contributed by atoms with Gasteiger partial charge in [-0.3, -0.25) is 4.79 Å². The van der Waals surface area contributed by atoms with Crippen molar-refractivity contribution in [1.82, 2.24) is 0 Å². The predicted octanol–water partition coefficient (Wildman–Crippen LogP) is 1.39. The molecule has 0 spiro atoms. The number of aromatic hydroxyl groups is 1.